The van der Waals surface area contributed by atoms with Gasteiger partial charge in [-0.25, -0.2) is 0 Å². The Morgan fingerprint density at radius 1 is 1.23 bits per heavy atom. The van der Waals surface area contributed by atoms with Crippen molar-refractivity contribution >= 4 is 34.8 Å². The van der Waals surface area contributed by atoms with Crippen molar-refractivity contribution in [1.82, 2.24) is 4.90 Å². The van der Waals surface area contributed by atoms with Crippen LogP contribution in [0.25, 0.3) is 0 Å². The number of amides is 1. The van der Waals surface area contributed by atoms with Crippen LogP contribution in [-0.2, 0) is 9.53 Å². The van der Waals surface area contributed by atoms with Crippen molar-refractivity contribution in [2.45, 2.75) is 5.92 Å². The van der Waals surface area contributed by atoms with E-state index in [-0.39, 0.29) is 5.91 Å². The number of rotatable bonds is 4. The van der Waals surface area contributed by atoms with Crippen LogP contribution < -0.4 is 0 Å². The summed E-state index contributed by atoms with van der Waals surface area (Å²) >= 11 is 7.65. The molecule has 1 atom stereocenters. The molecule has 2 aromatic rings. The Kier molecular flexibility index (Phi) is 5.21. The van der Waals surface area contributed by atoms with E-state index in [2.05, 4.69) is 0 Å². The fourth-order valence-corrected chi connectivity index (χ4v) is 3.58. The SMILES string of the molecule is COC(=O)C(c1ccccc1)c1scc(C(=O)N(C)C)c1Cl. The largest absolute Gasteiger partial charge is 0.468 e. The molecule has 0 aliphatic rings. The van der Waals surface area contributed by atoms with Gasteiger partial charge in [0.25, 0.3) is 5.91 Å². The molecule has 0 aliphatic carbocycles. The average Bonchev–Trinajstić information content (AvgIpc) is 2.89. The first-order valence-electron chi connectivity index (χ1n) is 6.58. The Morgan fingerprint density at radius 3 is 2.41 bits per heavy atom. The maximum atomic E-state index is 12.2. The lowest BCUT2D eigenvalue weighted by Gasteiger charge is -2.15. The molecule has 1 unspecified atom stereocenters. The number of esters is 1. The molecule has 0 aliphatic heterocycles. The summed E-state index contributed by atoms with van der Waals surface area (Å²) < 4.78 is 4.91. The van der Waals surface area contributed by atoms with Gasteiger partial charge in [0.1, 0.15) is 5.92 Å². The lowest BCUT2D eigenvalue weighted by molar-refractivity contribution is -0.141. The number of benzene rings is 1. The molecular formula is C16H16ClNO3S. The van der Waals surface area contributed by atoms with Gasteiger partial charge in [0.15, 0.2) is 0 Å². The minimum Gasteiger partial charge on any atom is -0.468 e. The van der Waals surface area contributed by atoms with Crippen molar-refractivity contribution in [3.8, 4) is 0 Å². The molecule has 0 bridgehead atoms. The van der Waals surface area contributed by atoms with Crippen LogP contribution in [0.1, 0.15) is 26.7 Å². The first kappa shape index (κ1) is 16.5. The van der Waals surface area contributed by atoms with Gasteiger partial charge in [-0.05, 0) is 5.56 Å². The zero-order chi connectivity index (χ0) is 16.3. The Hall–Kier alpha value is -1.85. The number of hydrogen-bond acceptors (Lipinski definition) is 4. The standard InChI is InChI=1S/C16H16ClNO3S/c1-18(2)15(19)11-9-22-14(13(11)17)12(16(20)21-3)10-7-5-4-6-8-10/h4-9,12H,1-3H3. The quantitative estimate of drug-likeness (QED) is 0.803. The van der Waals surface area contributed by atoms with Gasteiger partial charge >= 0.3 is 5.97 Å². The van der Waals surface area contributed by atoms with E-state index in [9.17, 15) is 9.59 Å². The summed E-state index contributed by atoms with van der Waals surface area (Å²) in [6.45, 7) is 0. The summed E-state index contributed by atoms with van der Waals surface area (Å²) in [5.41, 5.74) is 1.18. The first-order valence-corrected chi connectivity index (χ1v) is 7.84. The van der Waals surface area contributed by atoms with Gasteiger partial charge in [0, 0.05) is 24.4 Å². The van der Waals surface area contributed by atoms with Gasteiger partial charge in [-0.15, -0.1) is 11.3 Å². The van der Waals surface area contributed by atoms with Gasteiger partial charge in [-0.2, -0.15) is 0 Å². The highest BCUT2D eigenvalue weighted by molar-refractivity contribution is 7.11. The molecule has 0 saturated carbocycles. The van der Waals surface area contributed by atoms with Crippen LogP contribution in [0.4, 0.5) is 0 Å². The Bertz CT molecular complexity index is 682. The predicted molar refractivity (Wildman–Crippen MR) is 87.6 cm³/mol. The van der Waals surface area contributed by atoms with Crippen molar-refractivity contribution < 1.29 is 14.3 Å². The molecule has 22 heavy (non-hydrogen) atoms. The van der Waals surface area contributed by atoms with Crippen LogP contribution in [0.15, 0.2) is 35.7 Å². The maximum Gasteiger partial charge on any atom is 0.318 e. The summed E-state index contributed by atoms with van der Waals surface area (Å²) in [6.07, 6.45) is 0. The van der Waals surface area contributed by atoms with Crippen LogP contribution in [0.5, 0.6) is 0 Å². The van der Waals surface area contributed by atoms with E-state index in [4.69, 9.17) is 16.3 Å². The number of carbonyl (C=O) groups is 2. The zero-order valence-corrected chi connectivity index (χ0v) is 14.1. The van der Waals surface area contributed by atoms with Crippen molar-refractivity contribution in [2.24, 2.45) is 0 Å². The highest BCUT2D eigenvalue weighted by Crippen LogP contribution is 2.38. The highest BCUT2D eigenvalue weighted by atomic mass is 35.5. The van der Waals surface area contributed by atoms with Crippen LogP contribution in [-0.4, -0.2) is 38.0 Å². The lowest BCUT2D eigenvalue weighted by atomic mass is 9.97. The van der Waals surface area contributed by atoms with E-state index < -0.39 is 11.9 Å². The third-order valence-electron chi connectivity index (χ3n) is 3.23. The fraction of sp³-hybridized carbons (Fsp3) is 0.250. The van der Waals surface area contributed by atoms with E-state index in [1.54, 1.807) is 19.5 Å². The molecule has 0 radical (unpaired) electrons. The molecule has 1 heterocycles. The fourth-order valence-electron chi connectivity index (χ4n) is 2.10. The smallest absolute Gasteiger partial charge is 0.318 e. The minimum absolute atomic E-state index is 0.191. The van der Waals surface area contributed by atoms with Crippen LogP contribution in [0.3, 0.4) is 0 Å². The van der Waals surface area contributed by atoms with Gasteiger partial charge < -0.3 is 9.64 Å². The summed E-state index contributed by atoms with van der Waals surface area (Å²) in [7, 11) is 4.65. The van der Waals surface area contributed by atoms with Crippen molar-refractivity contribution in [1.29, 1.82) is 0 Å². The van der Waals surface area contributed by atoms with Gasteiger partial charge in [-0.1, -0.05) is 41.9 Å². The van der Waals surface area contributed by atoms with E-state index in [1.807, 2.05) is 30.3 Å². The number of nitrogens with zero attached hydrogens (tertiary/aromatic N) is 1. The molecule has 1 aromatic carbocycles. The number of thiophene rings is 1. The molecule has 4 nitrogen and oxygen atoms in total. The number of halogens is 1. The Labute approximate surface area is 138 Å². The second-order valence-electron chi connectivity index (χ2n) is 4.89. The second-order valence-corrected chi connectivity index (χ2v) is 6.18. The molecule has 0 saturated heterocycles. The maximum absolute atomic E-state index is 12.2. The van der Waals surface area contributed by atoms with Crippen LogP contribution in [0, 0.1) is 0 Å². The van der Waals surface area contributed by atoms with E-state index in [1.165, 1.54) is 23.3 Å². The summed E-state index contributed by atoms with van der Waals surface area (Å²) in [5.74, 6) is -1.23. The Balaban J connectivity index is 2.50. The number of hydrogen-bond donors (Lipinski definition) is 0. The molecule has 0 spiro atoms. The number of methoxy groups -OCH3 is 1. The van der Waals surface area contributed by atoms with Gasteiger partial charge in [0.2, 0.25) is 0 Å². The monoisotopic (exact) mass is 337 g/mol. The summed E-state index contributed by atoms with van der Waals surface area (Å²) in [4.78, 5) is 26.4. The third-order valence-corrected chi connectivity index (χ3v) is 4.79. The molecule has 1 amide bonds. The minimum atomic E-state index is -0.632. The predicted octanol–water partition coefficient (Wildman–Crippen LogP) is 3.41. The molecule has 116 valence electrons. The molecule has 2 rings (SSSR count). The number of carbonyl (C=O) groups excluding carboxylic acids is 2. The first-order chi connectivity index (χ1) is 10.5. The van der Waals surface area contributed by atoms with Crippen LogP contribution in [0.2, 0.25) is 5.02 Å². The molecule has 6 heteroatoms. The normalized spacial score (nSPS) is 11.8. The van der Waals surface area contributed by atoms with Crippen molar-refractivity contribution in [2.75, 3.05) is 21.2 Å². The van der Waals surface area contributed by atoms with Crippen molar-refractivity contribution in [3.05, 3.63) is 56.7 Å². The summed E-state index contributed by atoms with van der Waals surface area (Å²) in [5, 5.41) is 1.99. The zero-order valence-electron chi connectivity index (χ0n) is 12.5. The van der Waals surface area contributed by atoms with Crippen molar-refractivity contribution in [3.63, 3.8) is 0 Å². The molecular weight excluding hydrogens is 322 g/mol. The van der Waals surface area contributed by atoms with E-state index in [0.717, 1.165) is 5.56 Å². The van der Waals surface area contributed by atoms with E-state index in [0.29, 0.717) is 15.5 Å². The highest BCUT2D eigenvalue weighted by Gasteiger charge is 2.30. The molecule has 1 aromatic heterocycles. The topological polar surface area (TPSA) is 46.6 Å². The summed E-state index contributed by atoms with van der Waals surface area (Å²) in [6, 6.07) is 9.24. The average molecular weight is 338 g/mol. The lowest BCUT2D eigenvalue weighted by Crippen LogP contribution is -2.21. The molecule has 0 N–H and O–H groups in total. The number of ether oxygens (including phenoxy) is 1. The van der Waals surface area contributed by atoms with E-state index >= 15 is 0 Å². The van der Waals surface area contributed by atoms with Crippen LogP contribution >= 0.6 is 22.9 Å². The third kappa shape index (κ3) is 3.15. The van der Waals surface area contributed by atoms with Gasteiger partial charge in [0.05, 0.1) is 17.7 Å². The second kappa shape index (κ2) is 6.94. The Morgan fingerprint density at radius 2 is 1.86 bits per heavy atom. The van der Waals surface area contributed by atoms with Gasteiger partial charge in [-0.3, -0.25) is 9.59 Å². The molecule has 0 fully saturated rings.